The van der Waals surface area contributed by atoms with Crippen LogP contribution < -0.4 is 65.5 Å². The Morgan fingerprint density at radius 3 is 1.46 bits per heavy atom. The van der Waals surface area contributed by atoms with E-state index in [0.29, 0.717) is 24.8 Å². The van der Waals surface area contributed by atoms with E-state index in [-0.39, 0.29) is 25.3 Å². The number of unbranched alkanes of at least 4 members (excludes halogenated alkanes) is 15. The Hall–Kier alpha value is -6.86. The Morgan fingerprint density at radius 2 is 1.01 bits per heavy atom. The number of carbonyl (C=O) groups is 11. The highest BCUT2D eigenvalue weighted by Gasteiger charge is 2.39. The Bertz CT molecular complexity index is 2550. The summed E-state index contributed by atoms with van der Waals surface area (Å²) < 4.78 is 30.1. The molecular formula is C61H107N13O16S. The van der Waals surface area contributed by atoms with Gasteiger partial charge in [-0.15, -0.1) is 0 Å². The number of amides is 11. The van der Waals surface area contributed by atoms with Crippen molar-refractivity contribution in [3.8, 4) is 0 Å². The molecule has 0 saturated heterocycles. The van der Waals surface area contributed by atoms with Crippen molar-refractivity contribution in [2.75, 3.05) is 38.7 Å². The summed E-state index contributed by atoms with van der Waals surface area (Å²) in [7, 11) is -4.55. The first-order chi connectivity index (χ1) is 43.0. The molecule has 19 N–H and O–H groups in total. The molecule has 0 aromatic heterocycles. The van der Waals surface area contributed by atoms with Crippen molar-refractivity contribution in [3.63, 3.8) is 0 Å². The molecule has 0 bridgehead atoms. The molecule has 0 saturated carbocycles. The van der Waals surface area contributed by atoms with Gasteiger partial charge in [0.2, 0.25) is 75.0 Å². The third-order valence-electron chi connectivity index (χ3n) is 15.3. The third-order valence-corrected chi connectivity index (χ3v) is 17.3. The van der Waals surface area contributed by atoms with Gasteiger partial charge in [-0.05, 0) is 37.2 Å². The second-order valence-electron chi connectivity index (χ2n) is 23.8. The van der Waals surface area contributed by atoms with Gasteiger partial charge in [-0.2, -0.15) is 4.31 Å². The maximum Gasteiger partial charge on any atom is 0.243 e. The van der Waals surface area contributed by atoms with Gasteiger partial charge in [0.25, 0.3) is 0 Å². The first kappa shape index (κ1) is 82.2. The van der Waals surface area contributed by atoms with Gasteiger partial charge in [-0.25, -0.2) is 8.42 Å². The van der Waals surface area contributed by atoms with E-state index >= 15 is 0 Å². The molecule has 518 valence electrons. The molecule has 0 radical (unpaired) electrons. The molecule has 0 heterocycles. The highest BCUT2D eigenvalue weighted by atomic mass is 32.2. The van der Waals surface area contributed by atoms with E-state index in [1.165, 1.54) is 64.7 Å². The number of hydrogen-bond acceptors (Lipinski definition) is 17. The summed E-state index contributed by atoms with van der Waals surface area (Å²) in [4.78, 5) is 144. The fraction of sp³-hybridized carbons (Fsp3) is 0.721. The van der Waals surface area contributed by atoms with Crippen LogP contribution in [0.1, 0.15) is 176 Å². The molecule has 0 unspecified atom stereocenters. The van der Waals surface area contributed by atoms with Crippen LogP contribution >= 0.6 is 0 Å². The van der Waals surface area contributed by atoms with Gasteiger partial charge in [0.15, 0.2) is 0 Å². The van der Waals surface area contributed by atoms with Crippen LogP contribution in [0.15, 0.2) is 30.3 Å². The number of carbonyl (C=O) groups excluding carboxylic acids is 11. The predicted octanol–water partition coefficient (Wildman–Crippen LogP) is -1.35. The summed E-state index contributed by atoms with van der Waals surface area (Å²) in [6, 6.07) is -5.41. The molecule has 1 aromatic rings. The smallest absolute Gasteiger partial charge is 0.243 e. The maximum atomic E-state index is 14.6. The zero-order valence-corrected chi connectivity index (χ0v) is 55.0. The second kappa shape index (κ2) is 45.4. The lowest BCUT2D eigenvalue weighted by Crippen LogP contribution is -2.60. The van der Waals surface area contributed by atoms with Crippen molar-refractivity contribution < 1.29 is 76.5 Å². The standard InChI is InChI=1S/C61H107N13O16S/c1-7-9-10-11-12-13-14-15-16-17-18-19-20-21-22-26-29-74(49(37-77)60(87)72-48(36-76)54(65)81)91(89,90)38-43(30-39(3)4)68-61(88)53(40(5)8-2)73-55(82)41(6)67-52(80)34-66-57(84)45(31-42-27-24-23-25-28-42)70-59(86)47(33-51(64)79)71-58(85)46(32-50(63)78)69-56(83)44(62)35-75/h23-25,27-28,39-41,43-49,53,75-77H,7-22,26,29-38,62H2,1-6H3,(H2,63,78)(H2,64,79)(H2,65,81)(H,66,84)(H,67,80)(H,68,88)(H,69,83)(H,70,86)(H,71,85)(H,72,87)(H,73,82)/t40-,41-,43-,44-,45-,46-,47-,48-,49-,53-/m0/s1. The van der Waals surface area contributed by atoms with Crippen LogP contribution in [0.2, 0.25) is 0 Å². The molecule has 0 aliphatic carbocycles. The molecule has 0 spiro atoms. The van der Waals surface area contributed by atoms with Crippen LogP contribution in [-0.2, 0) is 69.2 Å². The van der Waals surface area contributed by atoms with Gasteiger partial charge < -0.3 is 80.8 Å². The predicted molar refractivity (Wildman–Crippen MR) is 341 cm³/mol. The van der Waals surface area contributed by atoms with Gasteiger partial charge in [0, 0.05) is 19.0 Å². The van der Waals surface area contributed by atoms with Crippen molar-refractivity contribution >= 4 is 75.0 Å². The maximum absolute atomic E-state index is 14.6. The minimum Gasteiger partial charge on any atom is -0.394 e. The number of nitrogens with two attached hydrogens (primary N) is 4. The number of hydrogen-bond donors (Lipinski definition) is 15. The number of sulfonamides is 1. The lowest BCUT2D eigenvalue weighted by molar-refractivity contribution is -0.136. The second-order valence-corrected chi connectivity index (χ2v) is 25.7. The zero-order chi connectivity index (χ0) is 68.6. The largest absolute Gasteiger partial charge is 0.394 e. The monoisotopic (exact) mass is 1310 g/mol. The van der Waals surface area contributed by atoms with Crippen molar-refractivity contribution in [2.45, 2.75) is 231 Å². The highest BCUT2D eigenvalue weighted by molar-refractivity contribution is 7.89. The summed E-state index contributed by atoms with van der Waals surface area (Å²) in [6.07, 6.45) is 15.8. The SMILES string of the molecule is CCCCCCCCCCCCCCCCCCN([C@@H](CO)C(=O)N[C@@H](CO)C(N)=O)S(=O)(=O)C[C@H](CC(C)C)NC(=O)[C@@H](NC(=O)[C@H](C)NC(=O)CNC(=O)[C@H](Cc1ccccc1)NC(=O)[C@H](CC(N)=O)NC(=O)[C@H](CC(N)=O)NC(=O)[C@@H](N)CO)[C@@H](C)CC. The lowest BCUT2D eigenvalue weighted by Gasteiger charge is -2.32. The van der Waals surface area contributed by atoms with Gasteiger partial charge in [0.05, 0.1) is 45.0 Å². The highest BCUT2D eigenvalue weighted by Crippen LogP contribution is 2.19. The molecule has 10 atom stereocenters. The lowest BCUT2D eigenvalue weighted by atomic mass is 9.97. The molecule has 29 nitrogen and oxygen atoms in total. The molecule has 1 rings (SSSR count). The number of aliphatic hydroxyl groups excluding tert-OH is 3. The molecule has 91 heavy (non-hydrogen) atoms. The topological polar surface area (TPSA) is 486 Å². The average Bonchev–Trinajstić information content (AvgIpc) is 1.11. The number of primary amides is 3. The molecule has 1 aromatic carbocycles. The van der Waals surface area contributed by atoms with Crippen LogP contribution in [0.25, 0.3) is 0 Å². The van der Waals surface area contributed by atoms with Crippen LogP contribution in [0, 0.1) is 11.8 Å². The minimum atomic E-state index is -4.55. The number of nitrogens with zero attached hydrogens (tertiary/aromatic N) is 1. The third kappa shape index (κ3) is 33.9. The Morgan fingerprint density at radius 1 is 0.527 bits per heavy atom. The number of benzene rings is 1. The first-order valence-corrected chi connectivity index (χ1v) is 33.5. The van der Waals surface area contributed by atoms with Gasteiger partial charge in [-0.3, -0.25) is 52.7 Å². The van der Waals surface area contributed by atoms with E-state index in [2.05, 4.69) is 49.5 Å². The van der Waals surface area contributed by atoms with E-state index in [1.54, 1.807) is 58.0 Å². The minimum absolute atomic E-state index is 0.101. The van der Waals surface area contributed by atoms with Crippen LogP contribution in [-0.4, -0.2) is 186 Å². The van der Waals surface area contributed by atoms with Gasteiger partial charge >= 0.3 is 0 Å². The van der Waals surface area contributed by atoms with E-state index < -0.39 is 180 Å². The fourth-order valence-electron chi connectivity index (χ4n) is 9.88. The molecule has 11 amide bonds. The van der Waals surface area contributed by atoms with E-state index in [9.17, 15) is 76.5 Å². The molecule has 0 aliphatic rings. The summed E-state index contributed by atoms with van der Waals surface area (Å²) in [5.41, 5.74) is 22.0. The summed E-state index contributed by atoms with van der Waals surface area (Å²) in [6.45, 7) is 6.82. The average molecular weight is 1310 g/mol. The number of nitrogens with one attached hydrogen (secondary N) is 8. The quantitative estimate of drug-likeness (QED) is 0.0336. The van der Waals surface area contributed by atoms with E-state index in [0.717, 1.165) is 36.4 Å². The molecule has 30 heteroatoms. The van der Waals surface area contributed by atoms with Crippen molar-refractivity contribution in [1.29, 1.82) is 0 Å². The van der Waals surface area contributed by atoms with Crippen LogP contribution in [0.3, 0.4) is 0 Å². The molecule has 0 fully saturated rings. The summed E-state index contributed by atoms with van der Waals surface area (Å²) >= 11 is 0. The Labute approximate surface area is 536 Å². The van der Waals surface area contributed by atoms with Crippen molar-refractivity contribution in [2.24, 2.45) is 34.8 Å². The first-order valence-electron chi connectivity index (χ1n) is 31.9. The summed E-state index contributed by atoms with van der Waals surface area (Å²) in [5, 5.41) is 48.8. The Kier molecular flexibility index (Phi) is 41.0. The van der Waals surface area contributed by atoms with Gasteiger partial charge in [0.1, 0.15) is 48.3 Å². The number of rotatable bonds is 51. The molecular weight excluding hydrogens is 1200 g/mol. The normalized spacial score (nSPS) is 14.8. The summed E-state index contributed by atoms with van der Waals surface area (Å²) in [5.74, 6) is -12.7. The van der Waals surface area contributed by atoms with Gasteiger partial charge in [-0.1, -0.05) is 168 Å². The zero-order valence-electron chi connectivity index (χ0n) is 54.1. The number of aliphatic hydroxyl groups is 3. The van der Waals surface area contributed by atoms with Crippen LogP contribution in [0.4, 0.5) is 0 Å². The van der Waals surface area contributed by atoms with E-state index in [1.807, 2.05) is 0 Å². The Balaban J connectivity index is 3.27. The fourth-order valence-corrected chi connectivity index (χ4v) is 11.8. The molecule has 0 aliphatic heterocycles. The van der Waals surface area contributed by atoms with Crippen molar-refractivity contribution in [3.05, 3.63) is 35.9 Å². The van der Waals surface area contributed by atoms with Crippen molar-refractivity contribution in [1.82, 2.24) is 46.8 Å². The van der Waals surface area contributed by atoms with Crippen LogP contribution in [0.5, 0.6) is 0 Å². The van der Waals surface area contributed by atoms with E-state index in [4.69, 9.17) is 22.9 Å².